The fraction of sp³-hybridized carbons (Fsp3) is 0.240. The summed E-state index contributed by atoms with van der Waals surface area (Å²) < 4.78 is 54.5. The Morgan fingerprint density at radius 1 is 1.14 bits per heavy atom. The Morgan fingerprint density at radius 2 is 1.89 bits per heavy atom. The summed E-state index contributed by atoms with van der Waals surface area (Å²) in [6.07, 6.45) is 9.65. The van der Waals surface area contributed by atoms with E-state index >= 15 is 0 Å². The maximum atomic E-state index is 14.8. The zero-order chi connectivity index (χ0) is 25.6. The lowest BCUT2D eigenvalue weighted by atomic mass is 9.82. The van der Waals surface area contributed by atoms with Crippen LogP contribution < -0.4 is 11.1 Å². The number of halogens is 2. The average molecular weight is 511 g/mol. The van der Waals surface area contributed by atoms with Crippen LogP contribution in [0.2, 0.25) is 0 Å². The molecule has 2 atom stereocenters. The van der Waals surface area contributed by atoms with E-state index in [0.717, 1.165) is 42.5 Å². The molecule has 1 aromatic carbocycles. The van der Waals surface area contributed by atoms with Crippen molar-refractivity contribution < 1.29 is 17.2 Å². The van der Waals surface area contributed by atoms with E-state index in [9.17, 15) is 17.2 Å². The van der Waals surface area contributed by atoms with E-state index in [1.807, 2.05) is 6.07 Å². The van der Waals surface area contributed by atoms with Gasteiger partial charge in [-0.15, -0.1) is 0 Å². The van der Waals surface area contributed by atoms with Gasteiger partial charge in [-0.2, -0.15) is 9.61 Å². The van der Waals surface area contributed by atoms with Crippen molar-refractivity contribution in [1.29, 1.82) is 0 Å². The summed E-state index contributed by atoms with van der Waals surface area (Å²) in [5.41, 5.74) is 9.37. The van der Waals surface area contributed by atoms with Gasteiger partial charge in [0.2, 0.25) is 5.95 Å². The number of nitrogens with zero attached hydrogens (tertiary/aromatic N) is 4. The molecule has 3 heterocycles. The molecule has 0 saturated heterocycles. The number of imidazole rings is 1. The quantitative estimate of drug-likeness (QED) is 0.383. The van der Waals surface area contributed by atoms with Crippen molar-refractivity contribution in [3.63, 3.8) is 0 Å². The van der Waals surface area contributed by atoms with Crippen LogP contribution in [0.5, 0.6) is 0 Å². The minimum Gasteiger partial charge on any atom is -0.324 e. The molecular weight excluding hydrogens is 486 g/mol. The molecule has 0 amide bonds. The SMILES string of the molecule is CC1=C[C@H](N)C[C@H](c2ccncc2Nc2ncc3ccc(-c4c(F)cc(S(C)(=O)=O)cc4F)nn23)C1. The molecule has 8 nitrogen and oxygen atoms in total. The molecule has 0 aliphatic heterocycles. The van der Waals surface area contributed by atoms with Gasteiger partial charge < -0.3 is 11.1 Å². The van der Waals surface area contributed by atoms with Crippen LogP contribution in [-0.2, 0) is 9.84 Å². The topological polar surface area (TPSA) is 115 Å². The fourth-order valence-corrected chi connectivity index (χ4v) is 5.27. The maximum Gasteiger partial charge on any atom is 0.229 e. The van der Waals surface area contributed by atoms with Crippen LogP contribution in [0, 0.1) is 11.6 Å². The number of hydrogen-bond donors (Lipinski definition) is 2. The van der Waals surface area contributed by atoms with Crippen molar-refractivity contribution in [3.8, 4) is 11.3 Å². The van der Waals surface area contributed by atoms with Crippen LogP contribution in [0.15, 0.2) is 65.5 Å². The van der Waals surface area contributed by atoms with Crippen molar-refractivity contribution in [2.45, 2.75) is 36.6 Å². The molecule has 36 heavy (non-hydrogen) atoms. The van der Waals surface area contributed by atoms with Crippen LogP contribution in [0.3, 0.4) is 0 Å². The Balaban J connectivity index is 1.53. The predicted molar refractivity (Wildman–Crippen MR) is 133 cm³/mol. The van der Waals surface area contributed by atoms with E-state index in [2.05, 4.69) is 33.4 Å². The Bertz CT molecular complexity index is 1590. The summed E-state index contributed by atoms with van der Waals surface area (Å²) in [5, 5.41) is 7.65. The van der Waals surface area contributed by atoms with Gasteiger partial charge in [0.1, 0.15) is 11.6 Å². The lowest BCUT2D eigenvalue weighted by molar-refractivity contribution is 0.545. The van der Waals surface area contributed by atoms with Gasteiger partial charge in [-0.05, 0) is 61.6 Å². The zero-order valence-electron chi connectivity index (χ0n) is 19.6. The van der Waals surface area contributed by atoms with Crippen LogP contribution in [-0.4, -0.2) is 40.3 Å². The van der Waals surface area contributed by atoms with Gasteiger partial charge in [0, 0.05) is 18.5 Å². The first-order valence-electron chi connectivity index (χ1n) is 11.3. The number of allylic oxidation sites excluding steroid dienone is 1. The second-order valence-electron chi connectivity index (χ2n) is 9.07. The fourth-order valence-electron chi connectivity index (χ4n) is 4.64. The molecule has 186 valence electrons. The van der Waals surface area contributed by atoms with E-state index < -0.39 is 31.9 Å². The first-order valence-corrected chi connectivity index (χ1v) is 13.2. The molecule has 1 aliphatic rings. The average Bonchev–Trinajstić information content (AvgIpc) is 3.20. The molecule has 0 bridgehead atoms. The number of nitrogens with two attached hydrogens (primary N) is 1. The molecule has 0 radical (unpaired) electrons. The number of anilines is 2. The zero-order valence-corrected chi connectivity index (χ0v) is 20.4. The van der Waals surface area contributed by atoms with Crippen LogP contribution in [0.4, 0.5) is 20.4 Å². The van der Waals surface area contributed by atoms with Crippen molar-refractivity contribution >= 4 is 27.0 Å². The van der Waals surface area contributed by atoms with Gasteiger partial charge in [-0.3, -0.25) is 4.98 Å². The monoisotopic (exact) mass is 510 g/mol. The van der Waals surface area contributed by atoms with Crippen molar-refractivity contribution in [2.24, 2.45) is 5.73 Å². The van der Waals surface area contributed by atoms with Gasteiger partial charge in [-0.1, -0.05) is 11.6 Å². The first kappa shape index (κ1) is 24.0. The largest absolute Gasteiger partial charge is 0.324 e. The molecule has 4 aromatic rings. The Labute approximate surface area is 206 Å². The van der Waals surface area contributed by atoms with Crippen LogP contribution in [0.25, 0.3) is 16.8 Å². The number of aromatic nitrogens is 4. The Kier molecular flexibility index (Phi) is 6.05. The summed E-state index contributed by atoms with van der Waals surface area (Å²) in [6, 6.07) is 6.58. The number of benzene rings is 1. The lowest BCUT2D eigenvalue weighted by Crippen LogP contribution is -2.25. The van der Waals surface area contributed by atoms with E-state index in [0.29, 0.717) is 11.5 Å². The van der Waals surface area contributed by atoms with E-state index in [-0.39, 0.29) is 17.7 Å². The van der Waals surface area contributed by atoms with Gasteiger partial charge in [0.05, 0.1) is 39.8 Å². The molecular formula is C25H24F2N6O2S. The molecule has 1 aliphatic carbocycles. The minimum absolute atomic E-state index is 0.0102. The number of pyridine rings is 1. The molecule has 3 aromatic heterocycles. The third-order valence-electron chi connectivity index (χ3n) is 6.25. The molecule has 3 N–H and O–H groups in total. The van der Waals surface area contributed by atoms with Gasteiger partial charge in [0.25, 0.3) is 0 Å². The van der Waals surface area contributed by atoms with Crippen molar-refractivity contribution in [3.05, 3.63) is 77.8 Å². The van der Waals surface area contributed by atoms with Crippen molar-refractivity contribution in [1.82, 2.24) is 19.6 Å². The van der Waals surface area contributed by atoms with Gasteiger partial charge in [-0.25, -0.2) is 22.2 Å². The van der Waals surface area contributed by atoms with Gasteiger partial charge >= 0.3 is 0 Å². The number of fused-ring (bicyclic) bond motifs is 1. The Morgan fingerprint density at radius 3 is 2.58 bits per heavy atom. The Hall–Kier alpha value is -3.70. The normalized spacial score (nSPS) is 18.3. The molecule has 11 heteroatoms. The molecule has 0 fully saturated rings. The molecule has 0 spiro atoms. The summed E-state index contributed by atoms with van der Waals surface area (Å²) in [6.45, 7) is 2.06. The summed E-state index contributed by atoms with van der Waals surface area (Å²) in [7, 11) is -3.78. The standard InChI is InChI=1S/C25H24F2N6O2S/c1-14-7-15(9-16(28)8-14)19-5-6-29-13-23(19)31-25-30-12-17-3-4-22(32-33(17)25)24-20(26)10-18(11-21(24)27)36(2,34)35/h3-6,8,10-13,15-16H,7,9,28H2,1-2H3,(H,30,31)/t15-,16+/m1/s1. The maximum absolute atomic E-state index is 14.8. The molecule has 0 unspecified atom stereocenters. The second kappa shape index (κ2) is 9.07. The highest BCUT2D eigenvalue weighted by Gasteiger charge is 2.24. The molecule has 0 saturated carbocycles. The van der Waals surface area contributed by atoms with Gasteiger partial charge in [0.15, 0.2) is 9.84 Å². The summed E-state index contributed by atoms with van der Waals surface area (Å²) in [4.78, 5) is 8.19. The number of nitrogens with one attached hydrogen (secondary N) is 1. The minimum atomic E-state index is -3.78. The highest BCUT2D eigenvalue weighted by atomic mass is 32.2. The summed E-state index contributed by atoms with van der Waals surface area (Å²) >= 11 is 0. The number of hydrogen-bond acceptors (Lipinski definition) is 7. The third-order valence-corrected chi connectivity index (χ3v) is 7.34. The first-order chi connectivity index (χ1) is 17.1. The smallest absolute Gasteiger partial charge is 0.229 e. The predicted octanol–water partition coefficient (Wildman–Crippen LogP) is 4.37. The number of sulfone groups is 1. The van der Waals surface area contributed by atoms with E-state index in [4.69, 9.17) is 5.73 Å². The summed E-state index contributed by atoms with van der Waals surface area (Å²) in [5.74, 6) is -1.52. The van der Waals surface area contributed by atoms with Crippen molar-refractivity contribution in [2.75, 3.05) is 11.6 Å². The van der Waals surface area contributed by atoms with E-state index in [1.165, 1.54) is 16.2 Å². The third kappa shape index (κ3) is 4.59. The van der Waals surface area contributed by atoms with E-state index in [1.54, 1.807) is 24.7 Å². The second-order valence-corrected chi connectivity index (χ2v) is 11.1. The number of rotatable bonds is 5. The van der Waals surface area contributed by atoms with Crippen LogP contribution in [0.1, 0.15) is 31.2 Å². The van der Waals surface area contributed by atoms with Crippen LogP contribution >= 0.6 is 0 Å². The highest BCUT2D eigenvalue weighted by molar-refractivity contribution is 7.90. The molecule has 5 rings (SSSR count). The highest BCUT2D eigenvalue weighted by Crippen LogP contribution is 2.36. The lowest BCUT2D eigenvalue weighted by Gasteiger charge is -2.27.